The number of guanidine groups is 1. The second kappa shape index (κ2) is 5.73. The summed E-state index contributed by atoms with van der Waals surface area (Å²) >= 11 is 0. The van der Waals surface area contributed by atoms with Crippen molar-refractivity contribution in [1.82, 2.24) is 5.32 Å². The van der Waals surface area contributed by atoms with Gasteiger partial charge in [0.05, 0.1) is 6.54 Å². The fraction of sp³-hybridized carbons (Fsp3) is 0.562. The molecule has 0 aromatic heterocycles. The van der Waals surface area contributed by atoms with E-state index >= 15 is 0 Å². The van der Waals surface area contributed by atoms with E-state index in [4.69, 9.17) is 10.5 Å². The Labute approximate surface area is 121 Å². The lowest BCUT2D eigenvalue weighted by Crippen LogP contribution is -2.33. The van der Waals surface area contributed by atoms with E-state index in [0.29, 0.717) is 18.5 Å². The molecule has 0 bridgehead atoms. The van der Waals surface area contributed by atoms with Crippen LogP contribution in [-0.2, 0) is 6.54 Å². The maximum absolute atomic E-state index is 6.01. The molecular weight excluding hydrogens is 250 g/mol. The molecule has 1 aliphatic carbocycles. The maximum Gasteiger partial charge on any atom is 0.189 e. The smallest absolute Gasteiger partial charge is 0.189 e. The van der Waals surface area contributed by atoms with Crippen LogP contribution >= 0.6 is 0 Å². The Balaban J connectivity index is 2.09. The van der Waals surface area contributed by atoms with E-state index in [1.165, 1.54) is 18.4 Å². The van der Waals surface area contributed by atoms with Crippen LogP contribution in [0.3, 0.4) is 0 Å². The predicted molar refractivity (Wildman–Crippen MR) is 83.0 cm³/mol. The fourth-order valence-corrected chi connectivity index (χ4v) is 1.87. The zero-order valence-corrected chi connectivity index (χ0v) is 12.9. The monoisotopic (exact) mass is 275 g/mol. The molecule has 1 aliphatic rings. The molecule has 0 aliphatic heterocycles. The summed E-state index contributed by atoms with van der Waals surface area (Å²) in [5.41, 5.74) is 7.89. The second-order valence-electron chi connectivity index (χ2n) is 6.45. The van der Waals surface area contributed by atoms with Crippen LogP contribution in [0.25, 0.3) is 0 Å². The molecule has 1 aromatic carbocycles. The van der Waals surface area contributed by atoms with Gasteiger partial charge in [0.15, 0.2) is 5.96 Å². The molecular formula is C16H25N3O. The van der Waals surface area contributed by atoms with Crippen molar-refractivity contribution in [3.63, 3.8) is 0 Å². The van der Waals surface area contributed by atoms with E-state index in [2.05, 4.69) is 35.4 Å². The Kier molecular flexibility index (Phi) is 4.21. The van der Waals surface area contributed by atoms with E-state index in [0.717, 1.165) is 11.3 Å². The lowest BCUT2D eigenvalue weighted by atomic mass is 10.1. The van der Waals surface area contributed by atoms with Crippen LogP contribution in [0.15, 0.2) is 23.2 Å². The summed E-state index contributed by atoms with van der Waals surface area (Å²) in [5, 5.41) is 3.19. The highest BCUT2D eigenvalue weighted by Crippen LogP contribution is 2.25. The zero-order chi connectivity index (χ0) is 14.8. The summed E-state index contributed by atoms with van der Waals surface area (Å²) in [6.45, 7) is 8.74. The Hall–Kier alpha value is -1.71. The van der Waals surface area contributed by atoms with Crippen molar-refractivity contribution < 1.29 is 4.74 Å². The number of aliphatic imine (C=N–C) groups is 1. The van der Waals surface area contributed by atoms with Gasteiger partial charge in [0.2, 0.25) is 0 Å². The van der Waals surface area contributed by atoms with Crippen molar-refractivity contribution in [1.29, 1.82) is 0 Å². The summed E-state index contributed by atoms with van der Waals surface area (Å²) in [6.07, 6.45) is 2.39. The lowest BCUT2D eigenvalue weighted by molar-refractivity contribution is 0.129. The maximum atomic E-state index is 6.01. The molecule has 0 radical (unpaired) electrons. The number of ether oxygens (including phenoxy) is 1. The van der Waals surface area contributed by atoms with Gasteiger partial charge in [-0.3, -0.25) is 0 Å². The number of nitrogens with two attached hydrogens (primary N) is 1. The molecule has 110 valence electrons. The SMILES string of the molecule is Cc1ccc(CN=C(N)NC2CC2)c(OC(C)(C)C)c1. The number of hydrogen-bond acceptors (Lipinski definition) is 2. The van der Waals surface area contributed by atoms with Crippen molar-refractivity contribution >= 4 is 5.96 Å². The van der Waals surface area contributed by atoms with Gasteiger partial charge in [0.25, 0.3) is 0 Å². The van der Waals surface area contributed by atoms with Crippen molar-refractivity contribution in [2.75, 3.05) is 0 Å². The topological polar surface area (TPSA) is 59.6 Å². The summed E-state index contributed by atoms with van der Waals surface area (Å²) in [7, 11) is 0. The van der Waals surface area contributed by atoms with Crippen LogP contribution in [0.2, 0.25) is 0 Å². The highest BCUT2D eigenvalue weighted by atomic mass is 16.5. The quantitative estimate of drug-likeness (QED) is 0.656. The van der Waals surface area contributed by atoms with Crippen LogP contribution in [0, 0.1) is 6.92 Å². The summed E-state index contributed by atoms with van der Waals surface area (Å²) in [6, 6.07) is 6.72. The van der Waals surface area contributed by atoms with Gasteiger partial charge in [-0.2, -0.15) is 0 Å². The number of rotatable bonds is 4. The van der Waals surface area contributed by atoms with E-state index in [9.17, 15) is 0 Å². The second-order valence-corrected chi connectivity index (χ2v) is 6.45. The zero-order valence-electron chi connectivity index (χ0n) is 12.9. The van der Waals surface area contributed by atoms with Gasteiger partial charge in [-0.15, -0.1) is 0 Å². The molecule has 20 heavy (non-hydrogen) atoms. The summed E-state index contributed by atoms with van der Waals surface area (Å²) in [4.78, 5) is 4.40. The van der Waals surface area contributed by atoms with Gasteiger partial charge < -0.3 is 15.8 Å². The minimum Gasteiger partial charge on any atom is -0.488 e. The third kappa shape index (κ3) is 4.76. The van der Waals surface area contributed by atoms with E-state index in [1.807, 2.05) is 20.8 Å². The highest BCUT2D eigenvalue weighted by Gasteiger charge is 2.21. The van der Waals surface area contributed by atoms with Gasteiger partial charge in [-0.1, -0.05) is 12.1 Å². The molecule has 1 aromatic rings. The molecule has 2 rings (SSSR count). The molecule has 3 N–H and O–H groups in total. The first-order valence-corrected chi connectivity index (χ1v) is 7.18. The van der Waals surface area contributed by atoms with Gasteiger partial charge >= 0.3 is 0 Å². The van der Waals surface area contributed by atoms with Gasteiger partial charge in [-0.05, 0) is 52.2 Å². The number of hydrogen-bond donors (Lipinski definition) is 2. The number of nitrogens with zero attached hydrogens (tertiary/aromatic N) is 1. The predicted octanol–water partition coefficient (Wildman–Crippen LogP) is 2.74. The van der Waals surface area contributed by atoms with Crippen LogP contribution in [0.5, 0.6) is 5.75 Å². The van der Waals surface area contributed by atoms with Crippen LogP contribution in [0.1, 0.15) is 44.7 Å². The first-order chi connectivity index (χ1) is 9.33. The number of nitrogens with one attached hydrogen (secondary N) is 1. The molecule has 1 fully saturated rings. The van der Waals surface area contributed by atoms with Crippen molar-refractivity contribution in [3.8, 4) is 5.75 Å². The molecule has 0 atom stereocenters. The van der Waals surface area contributed by atoms with Crippen molar-refractivity contribution in [2.24, 2.45) is 10.7 Å². The van der Waals surface area contributed by atoms with Gasteiger partial charge in [-0.25, -0.2) is 4.99 Å². The summed E-state index contributed by atoms with van der Waals surface area (Å²) in [5.74, 6) is 1.41. The van der Waals surface area contributed by atoms with E-state index < -0.39 is 0 Å². The Morgan fingerprint density at radius 2 is 2.10 bits per heavy atom. The van der Waals surface area contributed by atoms with Gasteiger partial charge in [0.1, 0.15) is 11.4 Å². The van der Waals surface area contributed by atoms with E-state index in [-0.39, 0.29) is 5.60 Å². The van der Waals surface area contributed by atoms with Gasteiger partial charge in [0, 0.05) is 11.6 Å². The molecule has 4 nitrogen and oxygen atoms in total. The fourth-order valence-electron chi connectivity index (χ4n) is 1.87. The minimum atomic E-state index is -0.218. The molecule has 0 amide bonds. The Morgan fingerprint density at radius 1 is 1.40 bits per heavy atom. The molecule has 4 heteroatoms. The van der Waals surface area contributed by atoms with Crippen LogP contribution in [-0.4, -0.2) is 17.6 Å². The number of aryl methyl sites for hydroxylation is 1. The average Bonchev–Trinajstić information content (AvgIpc) is 3.09. The van der Waals surface area contributed by atoms with Crippen LogP contribution < -0.4 is 15.8 Å². The molecule has 1 saturated carbocycles. The standard InChI is InChI=1S/C16H25N3O/c1-11-5-6-12(14(9-11)20-16(2,3)4)10-18-15(17)19-13-7-8-13/h5-6,9,13H,7-8,10H2,1-4H3,(H3,17,18,19). The molecule has 0 spiro atoms. The third-order valence-corrected chi connectivity index (χ3v) is 2.99. The Bertz CT molecular complexity index is 499. The van der Waals surface area contributed by atoms with Crippen LogP contribution in [0.4, 0.5) is 0 Å². The lowest BCUT2D eigenvalue weighted by Gasteiger charge is -2.23. The minimum absolute atomic E-state index is 0.218. The first kappa shape index (κ1) is 14.7. The molecule has 0 unspecified atom stereocenters. The summed E-state index contributed by atoms with van der Waals surface area (Å²) < 4.78 is 6.01. The molecule has 0 saturated heterocycles. The average molecular weight is 275 g/mol. The van der Waals surface area contributed by atoms with Crippen molar-refractivity contribution in [2.45, 2.75) is 58.7 Å². The largest absolute Gasteiger partial charge is 0.488 e. The highest BCUT2D eigenvalue weighted by molar-refractivity contribution is 5.78. The number of benzene rings is 1. The van der Waals surface area contributed by atoms with Crippen molar-refractivity contribution in [3.05, 3.63) is 29.3 Å². The Morgan fingerprint density at radius 3 is 2.70 bits per heavy atom. The normalized spacial score (nSPS) is 16.1. The molecule has 0 heterocycles. The third-order valence-electron chi connectivity index (χ3n) is 2.99. The van der Waals surface area contributed by atoms with E-state index in [1.54, 1.807) is 0 Å². The first-order valence-electron chi connectivity index (χ1n) is 7.18.